The summed E-state index contributed by atoms with van der Waals surface area (Å²) in [5.74, 6) is 0.876. The maximum absolute atomic E-state index is 12.2. The van der Waals surface area contributed by atoms with Gasteiger partial charge in [0.2, 0.25) is 0 Å². The summed E-state index contributed by atoms with van der Waals surface area (Å²) in [4.78, 5) is 28.6. The van der Waals surface area contributed by atoms with Crippen LogP contribution in [0.5, 0.6) is 0 Å². The van der Waals surface area contributed by atoms with Crippen molar-refractivity contribution >= 4 is 24.4 Å². The van der Waals surface area contributed by atoms with E-state index in [2.05, 4.69) is 41.0 Å². The fraction of sp³-hybridized carbons (Fsp3) is 0.667. The van der Waals surface area contributed by atoms with Crippen LogP contribution in [0.4, 0.5) is 5.82 Å². The number of aryl methyl sites for hydroxylation is 1. The predicted octanol–water partition coefficient (Wildman–Crippen LogP) is -1.79. The number of nitrogens with zero attached hydrogens (tertiary/aromatic N) is 7. The van der Waals surface area contributed by atoms with Crippen LogP contribution in [0.3, 0.4) is 0 Å². The first-order valence-electron chi connectivity index (χ1n) is 11.0. The maximum atomic E-state index is 12.2. The molecule has 1 aliphatic rings. The maximum Gasteiger partial charge on any atom is 0.359 e. The molecular formula is C18H28N9O8P. The summed E-state index contributed by atoms with van der Waals surface area (Å²) >= 11 is 0. The van der Waals surface area contributed by atoms with Gasteiger partial charge in [-0.15, -0.1) is 10.2 Å². The standard InChI is InChI=1S/C18H28N9O8P/c1-8(2)20-15-10-5-19-27(16(10)22-9(3)21-15)17-14(30)13(29)11(35-17)6-34-18(7-28,36(31,32)33)4-12-23-25-26-24-12/h5,8,11,13-14,17,28-30H,4,6-7H2,1-3H3,(H,20,21,22)(H2,31,32,33)(H,23,24,25,26)/t11-,13-,14-,17-,18-/m1/s1. The number of ether oxygens (including phenoxy) is 2. The predicted molar refractivity (Wildman–Crippen MR) is 120 cm³/mol. The first kappa shape index (κ1) is 26.4. The quantitative estimate of drug-likeness (QED) is 0.143. The Morgan fingerprint density at radius 1 is 1.31 bits per heavy atom. The highest BCUT2D eigenvalue weighted by Crippen LogP contribution is 2.52. The Labute approximate surface area is 204 Å². The Kier molecular flexibility index (Phi) is 7.36. The van der Waals surface area contributed by atoms with Crippen molar-refractivity contribution in [2.75, 3.05) is 18.5 Å². The highest BCUT2D eigenvalue weighted by molar-refractivity contribution is 7.53. The van der Waals surface area contributed by atoms with Gasteiger partial charge in [0.1, 0.15) is 30.0 Å². The molecule has 1 fully saturated rings. The number of fused-ring (bicyclic) bond motifs is 1. The molecule has 4 rings (SSSR count). The molecule has 198 valence electrons. The molecule has 7 N–H and O–H groups in total. The van der Waals surface area contributed by atoms with Gasteiger partial charge in [-0.2, -0.15) is 10.3 Å². The molecule has 1 saturated heterocycles. The van der Waals surface area contributed by atoms with Gasteiger partial charge in [0.05, 0.1) is 31.2 Å². The lowest BCUT2D eigenvalue weighted by Gasteiger charge is -2.32. The number of aromatic amines is 1. The van der Waals surface area contributed by atoms with Crippen molar-refractivity contribution in [2.45, 2.75) is 63.1 Å². The van der Waals surface area contributed by atoms with Crippen molar-refractivity contribution in [3.63, 3.8) is 0 Å². The number of hydrogen-bond donors (Lipinski definition) is 7. The van der Waals surface area contributed by atoms with Crippen molar-refractivity contribution in [1.29, 1.82) is 0 Å². The molecule has 5 atom stereocenters. The number of nitrogens with one attached hydrogen (secondary N) is 2. The van der Waals surface area contributed by atoms with Crippen LogP contribution in [0.1, 0.15) is 31.7 Å². The van der Waals surface area contributed by atoms with Crippen molar-refractivity contribution < 1.29 is 39.1 Å². The number of aromatic nitrogens is 8. The minimum absolute atomic E-state index is 0.0794. The number of hydrogen-bond acceptors (Lipinski definition) is 13. The minimum Gasteiger partial charge on any atom is -0.393 e. The third-order valence-corrected chi connectivity index (χ3v) is 7.18. The SMILES string of the molecule is Cc1nc(NC(C)C)c2cnn([C@@H]3O[C@H](CO[C@](CO)(Cc4nn[nH]n4)P(=O)(O)O)[C@@H](O)[C@H]3O)c2n1. The molecular weight excluding hydrogens is 501 g/mol. The molecule has 3 aromatic rings. The van der Waals surface area contributed by atoms with Crippen molar-refractivity contribution in [2.24, 2.45) is 0 Å². The molecule has 3 aromatic heterocycles. The first-order chi connectivity index (χ1) is 17.0. The molecule has 0 aromatic carbocycles. The van der Waals surface area contributed by atoms with Crippen molar-refractivity contribution in [3.8, 4) is 0 Å². The lowest BCUT2D eigenvalue weighted by molar-refractivity contribution is -0.109. The highest BCUT2D eigenvalue weighted by atomic mass is 31.2. The number of H-pyrrole nitrogens is 1. The van der Waals surface area contributed by atoms with E-state index in [1.165, 1.54) is 10.9 Å². The van der Waals surface area contributed by atoms with Gasteiger partial charge in [0.15, 0.2) is 23.0 Å². The Morgan fingerprint density at radius 2 is 2.06 bits per heavy atom. The summed E-state index contributed by atoms with van der Waals surface area (Å²) in [6, 6.07) is 0.0794. The van der Waals surface area contributed by atoms with Gasteiger partial charge >= 0.3 is 7.60 Å². The van der Waals surface area contributed by atoms with Crippen LogP contribution < -0.4 is 5.32 Å². The molecule has 4 heterocycles. The Bertz CT molecular complexity index is 1230. The molecule has 0 saturated carbocycles. The molecule has 0 amide bonds. The number of rotatable bonds is 10. The Morgan fingerprint density at radius 3 is 2.67 bits per heavy atom. The summed E-state index contributed by atoms with van der Waals surface area (Å²) in [7, 11) is -5.09. The van der Waals surface area contributed by atoms with Crippen LogP contribution in [-0.2, 0) is 20.5 Å². The fourth-order valence-electron chi connectivity index (χ4n) is 3.85. The molecule has 0 spiro atoms. The van der Waals surface area contributed by atoms with E-state index < -0.39 is 57.1 Å². The van der Waals surface area contributed by atoms with E-state index in [9.17, 15) is 29.7 Å². The molecule has 0 bridgehead atoms. The smallest absolute Gasteiger partial charge is 0.359 e. The topological polar surface area (TPSA) is 247 Å². The van der Waals surface area contributed by atoms with Gasteiger partial charge in [0, 0.05) is 6.04 Å². The molecule has 1 aliphatic heterocycles. The molecule has 36 heavy (non-hydrogen) atoms. The second-order valence-corrected chi connectivity index (χ2v) is 10.7. The number of aliphatic hydroxyl groups is 3. The first-order valence-corrected chi connectivity index (χ1v) is 12.6. The largest absolute Gasteiger partial charge is 0.393 e. The average Bonchev–Trinajstić information content (AvgIpc) is 3.51. The second-order valence-electron chi connectivity index (χ2n) is 8.76. The van der Waals surface area contributed by atoms with E-state index in [1.54, 1.807) is 6.92 Å². The Hall–Kier alpha value is -2.63. The molecule has 18 heteroatoms. The lowest BCUT2D eigenvalue weighted by atomic mass is 10.1. The second kappa shape index (κ2) is 10.0. The highest BCUT2D eigenvalue weighted by Gasteiger charge is 2.52. The number of anilines is 1. The van der Waals surface area contributed by atoms with Gasteiger partial charge < -0.3 is 39.9 Å². The zero-order valence-electron chi connectivity index (χ0n) is 19.6. The van der Waals surface area contributed by atoms with E-state index in [1.807, 2.05) is 13.8 Å². The fourth-order valence-corrected chi connectivity index (χ4v) is 4.62. The summed E-state index contributed by atoms with van der Waals surface area (Å²) in [5.41, 5.74) is 0.348. The van der Waals surface area contributed by atoms with E-state index in [0.717, 1.165) is 0 Å². The minimum atomic E-state index is -5.09. The normalized spacial score (nSPS) is 24.5. The summed E-state index contributed by atoms with van der Waals surface area (Å²) < 4.78 is 24.8. The third-order valence-electron chi connectivity index (χ3n) is 5.69. The van der Waals surface area contributed by atoms with Crippen LogP contribution >= 0.6 is 7.60 Å². The third kappa shape index (κ3) is 4.96. The van der Waals surface area contributed by atoms with Gasteiger partial charge in [-0.3, -0.25) is 4.57 Å². The molecule has 0 aliphatic carbocycles. The van der Waals surface area contributed by atoms with Gasteiger partial charge in [-0.25, -0.2) is 14.6 Å². The molecule has 0 radical (unpaired) electrons. The average molecular weight is 529 g/mol. The lowest BCUT2D eigenvalue weighted by Crippen LogP contribution is -2.43. The Balaban J connectivity index is 1.57. The van der Waals surface area contributed by atoms with Crippen LogP contribution in [0.15, 0.2) is 6.20 Å². The van der Waals surface area contributed by atoms with E-state index in [4.69, 9.17) is 9.47 Å². The van der Waals surface area contributed by atoms with Crippen molar-refractivity contribution in [3.05, 3.63) is 17.8 Å². The van der Waals surface area contributed by atoms with Crippen molar-refractivity contribution in [1.82, 2.24) is 40.4 Å². The van der Waals surface area contributed by atoms with Crippen LogP contribution in [-0.4, -0.2) is 108 Å². The summed E-state index contributed by atoms with van der Waals surface area (Å²) in [6.45, 7) is 3.90. The van der Waals surface area contributed by atoms with Gasteiger partial charge in [-0.05, 0) is 20.8 Å². The van der Waals surface area contributed by atoms with Crippen LogP contribution in [0, 0.1) is 6.92 Å². The molecule has 0 unspecified atom stereocenters. The summed E-state index contributed by atoms with van der Waals surface area (Å²) in [6.07, 6.45) is -4.49. The number of tetrazole rings is 1. The summed E-state index contributed by atoms with van der Waals surface area (Å²) in [5, 5.41) is 49.6. The van der Waals surface area contributed by atoms with Gasteiger partial charge in [0.25, 0.3) is 0 Å². The van der Waals surface area contributed by atoms with Crippen LogP contribution in [0.2, 0.25) is 0 Å². The van der Waals surface area contributed by atoms with E-state index in [0.29, 0.717) is 22.7 Å². The monoisotopic (exact) mass is 529 g/mol. The number of aliphatic hydroxyl groups excluding tert-OH is 3. The zero-order valence-corrected chi connectivity index (χ0v) is 20.5. The zero-order chi connectivity index (χ0) is 26.3. The van der Waals surface area contributed by atoms with E-state index in [-0.39, 0.29) is 11.9 Å². The van der Waals surface area contributed by atoms with E-state index >= 15 is 0 Å². The molecule has 17 nitrogen and oxygen atoms in total. The van der Waals surface area contributed by atoms with Gasteiger partial charge in [-0.1, -0.05) is 5.21 Å². The van der Waals surface area contributed by atoms with Crippen LogP contribution in [0.25, 0.3) is 11.0 Å².